The predicted octanol–water partition coefficient (Wildman–Crippen LogP) is 3.32. The first-order valence-electron chi connectivity index (χ1n) is 6.19. The fourth-order valence-electron chi connectivity index (χ4n) is 1.83. The number of thiazole rings is 1. The minimum absolute atomic E-state index is 0.124. The quantitative estimate of drug-likeness (QED) is 0.753. The van der Waals surface area contributed by atoms with Crippen LogP contribution < -0.4 is 0 Å². The van der Waals surface area contributed by atoms with Gasteiger partial charge in [-0.1, -0.05) is 13.8 Å². The lowest BCUT2D eigenvalue weighted by Gasteiger charge is -2.26. The van der Waals surface area contributed by atoms with Gasteiger partial charge in [0.1, 0.15) is 5.01 Å². The summed E-state index contributed by atoms with van der Waals surface area (Å²) in [6, 6.07) is 0.268. The average Bonchev–Trinajstić information content (AvgIpc) is 2.74. The lowest BCUT2D eigenvalue weighted by atomic mass is 10.0. The molecule has 0 spiro atoms. The molecule has 0 saturated heterocycles. The van der Waals surface area contributed by atoms with Crippen molar-refractivity contribution in [2.75, 3.05) is 7.05 Å². The van der Waals surface area contributed by atoms with Gasteiger partial charge in [0.25, 0.3) is 0 Å². The highest BCUT2D eigenvalue weighted by Crippen LogP contribution is 2.15. The van der Waals surface area contributed by atoms with E-state index in [2.05, 4.69) is 25.8 Å². The van der Waals surface area contributed by atoms with E-state index in [0.717, 1.165) is 17.1 Å². The highest BCUT2D eigenvalue weighted by molar-refractivity contribution is 7.09. The van der Waals surface area contributed by atoms with Crippen LogP contribution in [0.4, 0.5) is 0 Å². The normalized spacial score (nSPS) is 12.8. The van der Waals surface area contributed by atoms with Gasteiger partial charge in [-0.05, 0) is 19.3 Å². The van der Waals surface area contributed by atoms with Crippen molar-refractivity contribution in [2.24, 2.45) is 5.92 Å². The molecule has 1 aromatic rings. The van der Waals surface area contributed by atoms with E-state index in [1.165, 1.54) is 11.3 Å². The van der Waals surface area contributed by atoms with Crippen LogP contribution in [-0.2, 0) is 17.1 Å². The molecule has 0 aliphatic carbocycles. The van der Waals surface area contributed by atoms with Crippen molar-refractivity contribution in [3.63, 3.8) is 0 Å². The van der Waals surface area contributed by atoms with E-state index in [9.17, 15) is 4.79 Å². The maximum Gasteiger partial charge on any atom is 0.229 e. The van der Waals surface area contributed by atoms with E-state index in [-0.39, 0.29) is 11.9 Å². The van der Waals surface area contributed by atoms with Crippen molar-refractivity contribution in [3.05, 3.63) is 16.1 Å². The molecule has 1 heterocycles. The number of carbonyl (C=O) groups excluding carboxylic acids is 1. The van der Waals surface area contributed by atoms with Crippen LogP contribution >= 0.6 is 22.9 Å². The Hall–Kier alpha value is -0.610. The lowest BCUT2D eigenvalue weighted by Crippen LogP contribution is -2.36. The molecule has 1 atom stereocenters. The minimum atomic E-state index is 0.124. The predicted molar refractivity (Wildman–Crippen MR) is 77.1 cm³/mol. The first kappa shape index (κ1) is 15.4. The van der Waals surface area contributed by atoms with Crippen LogP contribution in [0.15, 0.2) is 5.38 Å². The van der Waals surface area contributed by atoms with Gasteiger partial charge in [-0.15, -0.1) is 22.9 Å². The van der Waals surface area contributed by atoms with E-state index in [4.69, 9.17) is 11.6 Å². The number of hydrogen-bond acceptors (Lipinski definition) is 3. The molecule has 0 N–H and O–H groups in total. The van der Waals surface area contributed by atoms with Gasteiger partial charge in [-0.3, -0.25) is 4.79 Å². The van der Waals surface area contributed by atoms with Gasteiger partial charge in [-0.25, -0.2) is 4.98 Å². The molecular weight excluding hydrogens is 268 g/mol. The minimum Gasteiger partial charge on any atom is -0.343 e. The number of halogens is 1. The molecule has 0 fully saturated rings. The van der Waals surface area contributed by atoms with Crippen molar-refractivity contribution in [3.8, 4) is 0 Å². The number of carbonyl (C=O) groups is 1. The maximum absolute atomic E-state index is 12.1. The molecule has 18 heavy (non-hydrogen) atoms. The summed E-state index contributed by atoms with van der Waals surface area (Å²) >= 11 is 7.20. The summed E-state index contributed by atoms with van der Waals surface area (Å²) in [6.45, 7) is 6.43. The molecule has 102 valence electrons. The van der Waals surface area contributed by atoms with Gasteiger partial charge in [0.05, 0.1) is 18.0 Å². The van der Waals surface area contributed by atoms with Crippen LogP contribution in [0.3, 0.4) is 0 Å². The summed E-state index contributed by atoms with van der Waals surface area (Å²) in [7, 11) is 1.87. The Kier molecular flexibility index (Phi) is 6.09. The highest BCUT2D eigenvalue weighted by Gasteiger charge is 2.18. The third kappa shape index (κ3) is 4.58. The first-order valence-corrected chi connectivity index (χ1v) is 7.60. The Morgan fingerprint density at radius 3 is 2.67 bits per heavy atom. The van der Waals surface area contributed by atoms with Crippen LogP contribution in [0.25, 0.3) is 0 Å². The van der Waals surface area contributed by atoms with Gasteiger partial charge in [0, 0.05) is 18.5 Å². The summed E-state index contributed by atoms with van der Waals surface area (Å²) in [5.41, 5.74) is 0.849. The summed E-state index contributed by atoms with van der Waals surface area (Å²) in [4.78, 5) is 18.2. The first-order chi connectivity index (χ1) is 8.43. The third-order valence-electron chi connectivity index (χ3n) is 2.91. The van der Waals surface area contributed by atoms with Gasteiger partial charge in [0.15, 0.2) is 0 Å². The Balaban J connectivity index is 2.53. The van der Waals surface area contributed by atoms with Crippen molar-refractivity contribution < 1.29 is 4.79 Å². The van der Waals surface area contributed by atoms with Crippen LogP contribution in [-0.4, -0.2) is 28.9 Å². The second-order valence-corrected chi connectivity index (χ2v) is 6.24. The van der Waals surface area contributed by atoms with Crippen molar-refractivity contribution in [2.45, 2.75) is 45.5 Å². The number of amides is 1. The van der Waals surface area contributed by atoms with Crippen LogP contribution in [0.5, 0.6) is 0 Å². The van der Waals surface area contributed by atoms with Crippen molar-refractivity contribution >= 4 is 28.8 Å². The molecule has 0 aromatic carbocycles. The number of aromatic nitrogens is 1. The van der Waals surface area contributed by atoms with E-state index in [1.54, 1.807) is 0 Å². The fourth-order valence-corrected chi connectivity index (χ4v) is 2.84. The Morgan fingerprint density at radius 1 is 1.50 bits per heavy atom. The van der Waals surface area contributed by atoms with Crippen LogP contribution in [0.2, 0.25) is 0 Å². The number of likely N-dealkylation sites (N-methyl/N-ethyl adjacent to an activating group) is 1. The van der Waals surface area contributed by atoms with Crippen molar-refractivity contribution in [1.82, 2.24) is 9.88 Å². The summed E-state index contributed by atoms with van der Waals surface area (Å²) in [5, 5.41) is 2.76. The van der Waals surface area contributed by atoms with Gasteiger partial charge in [0.2, 0.25) is 5.91 Å². The second-order valence-electron chi connectivity index (χ2n) is 5.03. The molecule has 1 aromatic heterocycles. The number of rotatable bonds is 6. The number of alkyl halides is 1. The molecule has 3 nitrogen and oxygen atoms in total. The maximum atomic E-state index is 12.1. The molecule has 5 heteroatoms. The topological polar surface area (TPSA) is 33.2 Å². The molecule has 0 radical (unpaired) electrons. The highest BCUT2D eigenvalue weighted by atomic mass is 35.5. The second kappa shape index (κ2) is 7.10. The summed E-state index contributed by atoms with van der Waals surface area (Å²) in [6.07, 6.45) is 1.40. The number of hydrogen-bond donors (Lipinski definition) is 0. The van der Waals surface area contributed by atoms with Gasteiger partial charge < -0.3 is 4.90 Å². The number of nitrogens with zero attached hydrogens (tertiary/aromatic N) is 2. The van der Waals surface area contributed by atoms with E-state index < -0.39 is 0 Å². The molecular formula is C13H21ClN2OS. The average molecular weight is 289 g/mol. The SMILES string of the molecule is CC(C)CC(C)N(C)C(=O)Cc1nc(CCl)cs1. The van der Waals surface area contributed by atoms with E-state index in [0.29, 0.717) is 18.2 Å². The van der Waals surface area contributed by atoms with E-state index in [1.807, 2.05) is 17.3 Å². The molecule has 0 aliphatic rings. The Morgan fingerprint density at radius 2 is 2.17 bits per heavy atom. The zero-order valence-electron chi connectivity index (χ0n) is 11.4. The summed E-state index contributed by atoms with van der Waals surface area (Å²) < 4.78 is 0. The van der Waals surface area contributed by atoms with Gasteiger partial charge in [-0.2, -0.15) is 0 Å². The molecule has 0 saturated carbocycles. The van der Waals surface area contributed by atoms with Crippen LogP contribution in [0, 0.1) is 5.92 Å². The largest absolute Gasteiger partial charge is 0.343 e. The molecule has 0 bridgehead atoms. The lowest BCUT2D eigenvalue weighted by molar-refractivity contribution is -0.131. The molecule has 1 unspecified atom stereocenters. The molecule has 1 amide bonds. The Bertz CT molecular complexity index is 392. The van der Waals surface area contributed by atoms with Crippen LogP contribution in [0.1, 0.15) is 37.9 Å². The fraction of sp³-hybridized carbons (Fsp3) is 0.692. The van der Waals surface area contributed by atoms with Gasteiger partial charge >= 0.3 is 0 Å². The summed E-state index contributed by atoms with van der Waals surface area (Å²) in [5.74, 6) is 1.13. The Labute approximate surface area is 118 Å². The van der Waals surface area contributed by atoms with E-state index >= 15 is 0 Å². The molecule has 0 aliphatic heterocycles. The van der Waals surface area contributed by atoms with Crippen molar-refractivity contribution in [1.29, 1.82) is 0 Å². The third-order valence-corrected chi connectivity index (χ3v) is 4.08. The zero-order valence-corrected chi connectivity index (χ0v) is 13.0. The smallest absolute Gasteiger partial charge is 0.229 e. The monoisotopic (exact) mass is 288 g/mol. The standard InChI is InChI=1S/C13H21ClN2OS/c1-9(2)5-10(3)16(4)13(17)6-12-15-11(7-14)8-18-12/h8-10H,5-7H2,1-4H3. The zero-order chi connectivity index (χ0) is 13.7. The molecule has 1 rings (SSSR count).